The average Bonchev–Trinajstić information content (AvgIpc) is 2.82. The topological polar surface area (TPSA) is 30.7 Å². The van der Waals surface area contributed by atoms with Gasteiger partial charge in [0.1, 0.15) is 5.52 Å². The molecule has 1 atom stereocenters. The number of halogens is 1. The first kappa shape index (κ1) is 11.2. The van der Waals surface area contributed by atoms with Gasteiger partial charge in [-0.25, -0.2) is 4.68 Å². The van der Waals surface area contributed by atoms with Crippen molar-refractivity contribution in [2.75, 3.05) is 0 Å². The Balaban J connectivity index is 2.13. The molecule has 90 valence electrons. The lowest BCUT2D eigenvalue weighted by molar-refractivity contribution is 0.560. The standard InChI is InChI=1S/C14H12ClN3/c1-10(11-6-2-3-7-12(11)15)18-14-9-5-4-8-13(14)16-17-18/h2-10H,1H3. The van der Waals surface area contributed by atoms with Crippen LogP contribution >= 0.6 is 11.6 Å². The van der Waals surface area contributed by atoms with E-state index in [4.69, 9.17) is 11.6 Å². The van der Waals surface area contributed by atoms with Gasteiger partial charge in [-0.3, -0.25) is 0 Å². The van der Waals surface area contributed by atoms with Gasteiger partial charge in [0.25, 0.3) is 0 Å². The average molecular weight is 258 g/mol. The third-order valence-electron chi connectivity index (χ3n) is 3.10. The van der Waals surface area contributed by atoms with Gasteiger partial charge in [-0.1, -0.05) is 47.1 Å². The minimum atomic E-state index is 0.0612. The second kappa shape index (κ2) is 4.42. The van der Waals surface area contributed by atoms with Gasteiger partial charge in [0.2, 0.25) is 0 Å². The minimum Gasteiger partial charge on any atom is -0.237 e. The third kappa shape index (κ3) is 1.77. The van der Waals surface area contributed by atoms with Gasteiger partial charge in [0, 0.05) is 5.02 Å². The summed E-state index contributed by atoms with van der Waals surface area (Å²) in [5.41, 5.74) is 2.97. The molecular formula is C14H12ClN3. The number of fused-ring (bicyclic) bond motifs is 1. The fraction of sp³-hybridized carbons (Fsp3) is 0.143. The molecule has 3 aromatic rings. The molecule has 1 heterocycles. The molecule has 3 nitrogen and oxygen atoms in total. The van der Waals surface area contributed by atoms with E-state index in [-0.39, 0.29) is 6.04 Å². The monoisotopic (exact) mass is 257 g/mol. The Morgan fingerprint density at radius 3 is 2.61 bits per heavy atom. The summed E-state index contributed by atoms with van der Waals surface area (Å²) in [5.74, 6) is 0. The van der Waals surface area contributed by atoms with Crippen molar-refractivity contribution in [3.63, 3.8) is 0 Å². The smallest absolute Gasteiger partial charge is 0.113 e. The molecule has 0 aliphatic rings. The van der Waals surface area contributed by atoms with E-state index in [1.165, 1.54) is 0 Å². The van der Waals surface area contributed by atoms with Crippen LogP contribution in [0, 0.1) is 0 Å². The van der Waals surface area contributed by atoms with Crippen molar-refractivity contribution in [3.05, 3.63) is 59.1 Å². The van der Waals surface area contributed by atoms with Gasteiger partial charge in [-0.05, 0) is 30.7 Å². The van der Waals surface area contributed by atoms with Crippen molar-refractivity contribution in [3.8, 4) is 0 Å². The summed E-state index contributed by atoms with van der Waals surface area (Å²) in [6.07, 6.45) is 0. The van der Waals surface area contributed by atoms with Crippen LogP contribution in [-0.4, -0.2) is 15.0 Å². The van der Waals surface area contributed by atoms with E-state index in [0.717, 1.165) is 21.6 Å². The highest BCUT2D eigenvalue weighted by Gasteiger charge is 2.14. The Hall–Kier alpha value is -1.87. The molecule has 18 heavy (non-hydrogen) atoms. The van der Waals surface area contributed by atoms with Crippen LogP contribution in [-0.2, 0) is 0 Å². The number of nitrogens with zero attached hydrogens (tertiary/aromatic N) is 3. The Bertz CT molecular complexity index is 690. The second-order valence-corrected chi connectivity index (χ2v) is 4.63. The number of rotatable bonds is 2. The fourth-order valence-electron chi connectivity index (χ4n) is 2.12. The predicted octanol–water partition coefficient (Wildman–Crippen LogP) is 3.69. The number of hydrogen-bond donors (Lipinski definition) is 0. The Kier molecular flexibility index (Phi) is 2.76. The van der Waals surface area contributed by atoms with Crippen LogP contribution in [0.1, 0.15) is 18.5 Å². The van der Waals surface area contributed by atoms with Gasteiger partial charge in [-0.2, -0.15) is 0 Å². The van der Waals surface area contributed by atoms with Gasteiger partial charge >= 0.3 is 0 Å². The first-order valence-corrected chi connectivity index (χ1v) is 6.19. The van der Waals surface area contributed by atoms with Crippen molar-refractivity contribution >= 4 is 22.6 Å². The molecule has 0 saturated carbocycles. The first-order chi connectivity index (χ1) is 8.77. The zero-order chi connectivity index (χ0) is 12.5. The summed E-state index contributed by atoms with van der Waals surface area (Å²) < 4.78 is 1.90. The summed E-state index contributed by atoms with van der Waals surface area (Å²) in [6, 6.07) is 15.8. The molecular weight excluding hydrogens is 246 g/mol. The Morgan fingerprint density at radius 1 is 1.06 bits per heavy atom. The molecule has 3 rings (SSSR count). The van der Waals surface area contributed by atoms with Crippen LogP contribution < -0.4 is 0 Å². The maximum Gasteiger partial charge on any atom is 0.113 e. The van der Waals surface area contributed by atoms with E-state index in [2.05, 4.69) is 17.2 Å². The lowest BCUT2D eigenvalue weighted by atomic mass is 10.1. The first-order valence-electron chi connectivity index (χ1n) is 5.82. The van der Waals surface area contributed by atoms with E-state index >= 15 is 0 Å². The Labute approximate surface area is 110 Å². The zero-order valence-corrected chi connectivity index (χ0v) is 10.7. The minimum absolute atomic E-state index is 0.0612. The van der Waals surface area contributed by atoms with Crippen molar-refractivity contribution in [2.24, 2.45) is 0 Å². The highest BCUT2D eigenvalue weighted by Crippen LogP contribution is 2.27. The normalized spacial score (nSPS) is 12.8. The van der Waals surface area contributed by atoms with Gasteiger partial charge in [-0.15, -0.1) is 5.10 Å². The summed E-state index contributed by atoms with van der Waals surface area (Å²) >= 11 is 6.23. The molecule has 2 aromatic carbocycles. The van der Waals surface area contributed by atoms with E-state index < -0.39 is 0 Å². The van der Waals surface area contributed by atoms with E-state index in [9.17, 15) is 0 Å². The molecule has 0 radical (unpaired) electrons. The van der Waals surface area contributed by atoms with Crippen molar-refractivity contribution in [1.82, 2.24) is 15.0 Å². The maximum atomic E-state index is 6.23. The second-order valence-electron chi connectivity index (χ2n) is 4.22. The highest BCUT2D eigenvalue weighted by atomic mass is 35.5. The molecule has 0 amide bonds. The number of benzene rings is 2. The molecule has 0 spiro atoms. The van der Waals surface area contributed by atoms with Crippen molar-refractivity contribution in [2.45, 2.75) is 13.0 Å². The van der Waals surface area contributed by atoms with Crippen LogP contribution in [0.25, 0.3) is 11.0 Å². The third-order valence-corrected chi connectivity index (χ3v) is 3.44. The van der Waals surface area contributed by atoms with Gasteiger partial charge in [0.15, 0.2) is 0 Å². The van der Waals surface area contributed by atoms with Gasteiger partial charge < -0.3 is 0 Å². The van der Waals surface area contributed by atoms with E-state index in [1.807, 2.05) is 53.2 Å². The van der Waals surface area contributed by atoms with E-state index in [1.54, 1.807) is 0 Å². The summed E-state index contributed by atoms with van der Waals surface area (Å²) in [7, 11) is 0. The van der Waals surface area contributed by atoms with Crippen LogP contribution in [0.5, 0.6) is 0 Å². The van der Waals surface area contributed by atoms with Crippen molar-refractivity contribution in [1.29, 1.82) is 0 Å². The van der Waals surface area contributed by atoms with Crippen molar-refractivity contribution < 1.29 is 0 Å². The van der Waals surface area contributed by atoms with E-state index in [0.29, 0.717) is 0 Å². The van der Waals surface area contributed by atoms with Crippen LogP contribution in [0.2, 0.25) is 5.02 Å². The SMILES string of the molecule is CC(c1ccccc1Cl)n1nnc2ccccc21. The quantitative estimate of drug-likeness (QED) is 0.701. The number of aromatic nitrogens is 3. The molecule has 0 fully saturated rings. The number of hydrogen-bond acceptors (Lipinski definition) is 2. The molecule has 0 saturated heterocycles. The number of para-hydroxylation sites is 1. The lowest BCUT2D eigenvalue weighted by Crippen LogP contribution is -2.09. The molecule has 0 aliphatic heterocycles. The molecule has 0 bridgehead atoms. The highest BCUT2D eigenvalue weighted by molar-refractivity contribution is 6.31. The molecule has 0 N–H and O–H groups in total. The summed E-state index contributed by atoms with van der Waals surface area (Å²) in [5, 5.41) is 9.14. The van der Waals surface area contributed by atoms with Crippen LogP contribution in [0.4, 0.5) is 0 Å². The van der Waals surface area contributed by atoms with Crippen LogP contribution in [0.15, 0.2) is 48.5 Å². The Morgan fingerprint density at radius 2 is 1.78 bits per heavy atom. The fourth-order valence-corrected chi connectivity index (χ4v) is 2.41. The zero-order valence-electron chi connectivity index (χ0n) is 9.92. The molecule has 0 aliphatic carbocycles. The lowest BCUT2D eigenvalue weighted by Gasteiger charge is -2.14. The summed E-state index contributed by atoms with van der Waals surface area (Å²) in [4.78, 5) is 0. The largest absolute Gasteiger partial charge is 0.237 e. The maximum absolute atomic E-state index is 6.23. The molecule has 4 heteroatoms. The molecule has 1 unspecified atom stereocenters. The molecule has 1 aromatic heterocycles. The van der Waals surface area contributed by atoms with Crippen LogP contribution in [0.3, 0.4) is 0 Å². The predicted molar refractivity (Wildman–Crippen MR) is 72.8 cm³/mol. The van der Waals surface area contributed by atoms with Gasteiger partial charge in [0.05, 0.1) is 11.6 Å². The summed E-state index contributed by atoms with van der Waals surface area (Å²) in [6.45, 7) is 2.07.